The number of aromatic amines is 1. The van der Waals surface area contributed by atoms with E-state index in [1.807, 2.05) is 30.3 Å². The van der Waals surface area contributed by atoms with Crippen molar-refractivity contribution in [2.45, 2.75) is 37.3 Å². The average Bonchev–Trinajstić information content (AvgIpc) is 2.65. The van der Waals surface area contributed by atoms with Gasteiger partial charge in [0.1, 0.15) is 23.5 Å². The van der Waals surface area contributed by atoms with Crippen molar-refractivity contribution >= 4 is 11.6 Å². The first kappa shape index (κ1) is 17.4. The van der Waals surface area contributed by atoms with E-state index in [1.165, 1.54) is 6.20 Å². The molecule has 9 heteroatoms. The van der Waals surface area contributed by atoms with Crippen LogP contribution in [0.5, 0.6) is 0 Å². The minimum Gasteiger partial charge on any atom is -0.390 e. The van der Waals surface area contributed by atoms with Crippen LogP contribution in [0, 0.1) is 0 Å². The van der Waals surface area contributed by atoms with Gasteiger partial charge in [-0.25, -0.2) is 4.79 Å². The van der Waals surface area contributed by atoms with Gasteiger partial charge in [0.05, 0.1) is 12.7 Å². The van der Waals surface area contributed by atoms with E-state index in [1.54, 1.807) is 0 Å². The Hall–Kier alpha value is -1.97. The fourth-order valence-corrected chi connectivity index (χ4v) is 3.39. The van der Waals surface area contributed by atoms with E-state index in [9.17, 15) is 14.7 Å². The Kier molecular flexibility index (Phi) is 4.68. The standard InChI is InChI=1S/C17H17ClN2O6/c18-10-7-20(17(23)19-15(10)22)13-6-11(21)14-12(25-13)8-24-16(26-14)9-4-2-1-3-5-9/h1-5,7,11-14,16,21H,6,8H2,(H,19,22,23)/t11-,12-,13-,14+,16?/m1/s1. The lowest BCUT2D eigenvalue weighted by atomic mass is 9.99. The Morgan fingerprint density at radius 3 is 2.73 bits per heavy atom. The molecule has 2 aromatic rings. The molecule has 2 aliphatic heterocycles. The van der Waals surface area contributed by atoms with Gasteiger partial charge in [0.2, 0.25) is 0 Å². The Bertz CT molecular complexity index is 898. The molecule has 1 aromatic carbocycles. The summed E-state index contributed by atoms with van der Waals surface area (Å²) >= 11 is 5.79. The monoisotopic (exact) mass is 380 g/mol. The van der Waals surface area contributed by atoms with Crippen molar-refractivity contribution in [2.75, 3.05) is 6.61 Å². The number of ether oxygens (including phenoxy) is 3. The SMILES string of the molecule is O=c1[nH]c(=O)n([C@H]2C[C@@H](O)[C@@H]3OC(c4ccccc4)OC[C@H]3O2)cc1Cl. The normalized spacial score (nSPS) is 31.4. The van der Waals surface area contributed by atoms with Gasteiger partial charge >= 0.3 is 5.69 Å². The summed E-state index contributed by atoms with van der Waals surface area (Å²) in [6, 6.07) is 9.41. The molecule has 8 nitrogen and oxygen atoms in total. The number of nitrogens with zero attached hydrogens (tertiary/aromatic N) is 1. The van der Waals surface area contributed by atoms with Gasteiger partial charge in [-0.3, -0.25) is 14.3 Å². The molecule has 0 bridgehead atoms. The molecule has 0 amide bonds. The molecule has 5 atom stereocenters. The van der Waals surface area contributed by atoms with Crippen molar-refractivity contribution < 1.29 is 19.3 Å². The number of H-pyrrole nitrogens is 1. The first-order chi connectivity index (χ1) is 12.5. The molecule has 1 aromatic heterocycles. The fourth-order valence-electron chi connectivity index (χ4n) is 3.24. The summed E-state index contributed by atoms with van der Waals surface area (Å²) in [7, 11) is 0. The molecular formula is C17H17ClN2O6. The lowest BCUT2D eigenvalue weighted by Gasteiger charge is -2.44. The minimum absolute atomic E-state index is 0.116. The fraction of sp³-hybridized carbons (Fsp3) is 0.412. The third-order valence-corrected chi connectivity index (χ3v) is 4.79. The molecule has 1 unspecified atom stereocenters. The maximum atomic E-state index is 12.0. The topological polar surface area (TPSA) is 103 Å². The third-order valence-electron chi connectivity index (χ3n) is 4.52. The number of fused-ring (bicyclic) bond motifs is 1. The van der Waals surface area contributed by atoms with E-state index in [-0.39, 0.29) is 18.1 Å². The Morgan fingerprint density at radius 2 is 1.96 bits per heavy atom. The van der Waals surface area contributed by atoms with Crippen molar-refractivity contribution in [3.05, 3.63) is 68.0 Å². The van der Waals surface area contributed by atoms with Gasteiger partial charge in [-0.2, -0.15) is 0 Å². The predicted octanol–water partition coefficient (Wildman–Crippen LogP) is 0.953. The van der Waals surface area contributed by atoms with E-state index in [4.69, 9.17) is 25.8 Å². The molecule has 2 fully saturated rings. The van der Waals surface area contributed by atoms with Crippen LogP contribution in [-0.2, 0) is 14.2 Å². The van der Waals surface area contributed by atoms with Gasteiger partial charge in [0.25, 0.3) is 5.56 Å². The van der Waals surface area contributed by atoms with Crippen molar-refractivity contribution in [1.82, 2.24) is 9.55 Å². The minimum atomic E-state index is -0.869. The zero-order valence-electron chi connectivity index (χ0n) is 13.6. The molecule has 2 saturated heterocycles. The van der Waals surface area contributed by atoms with E-state index in [2.05, 4.69) is 4.98 Å². The maximum absolute atomic E-state index is 12.0. The number of aromatic nitrogens is 2. The van der Waals surface area contributed by atoms with Crippen LogP contribution < -0.4 is 11.2 Å². The molecule has 3 heterocycles. The molecule has 0 radical (unpaired) electrons. The summed E-state index contributed by atoms with van der Waals surface area (Å²) in [5, 5.41) is 10.4. The first-order valence-corrected chi connectivity index (χ1v) is 8.57. The number of aliphatic hydroxyl groups excluding tert-OH is 1. The molecule has 0 spiro atoms. The van der Waals surface area contributed by atoms with Gasteiger partial charge in [-0.05, 0) is 0 Å². The van der Waals surface area contributed by atoms with Gasteiger partial charge in [0, 0.05) is 18.2 Å². The van der Waals surface area contributed by atoms with Crippen LogP contribution in [0.1, 0.15) is 24.5 Å². The summed E-state index contributed by atoms with van der Waals surface area (Å²) in [6.07, 6.45) is -2.05. The zero-order chi connectivity index (χ0) is 18.3. The highest BCUT2D eigenvalue weighted by Crippen LogP contribution is 2.36. The van der Waals surface area contributed by atoms with E-state index in [0.29, 0.717) is 0 Å². The summed E-state index contributed by atoms with van der Waals surface area (Å²) < 4.78 is 18.6. The van der Waals surface area contributed by atoms with Crippen LogP contribution in [0.3, 0.4) is 0 Å². The highest BCUT2D eigenvalue weighted by molar-refractivity contribution is 6.30. The third kappa shape index (κ3) is 3.22. The quantitative estimate of drug-likeness (QED) is 0.804. The van der Waals surface area contributed by atoms with Gasteiger partial charge in [0.15, 0.2) is 6.29 Å². The Labute approximate surface area is 152 Å². The summed E-state index contributed by atoms with van der Waals surface area (Å²) in [4.78, 5) is 25.5. The summed E-state index contributed by atoms with van der Waals surface area (Å²) in [6.45, 7) is 0.198. The number of aliphatic hydroxyl groups is 1. The number of nitrogens with one attached hydrogen (secondary N) is 1. The molecule has 138 valence electrons. The van der Waals surface area contributed by atoms with Crippen molar-refractivity contribution in [3.63, 3.8) is 0 Å². The van der Waals surface area contributed by atoms with Crippen LogP contribution >= 0.6 is 11.6 Å². The molecule has 2 aliphatic rings. The van der Waals surface area contributed by atoms with Crippen molar-refractivity contribution in [1.29, 1.82) is 0 Å². The number of benzene rings is 1. The van der Waals surface area contributed by atoms with Gasteiger partial charge in [-0.15, -0.1) is 0 Å². The van der Waals surface area contributed by atoms with Crippen LogP contribution in [0.25, 0.3) is 0 Å². The van der Waals surface area contributed by atoms with E-state index >= 15 is 0 Å². The second-order valence-electron chi connectivity index (χ2n) is 6.25. The average molecular weight is 381 g/mol. The number of rotatable bonds is 2. The molecule has 26 heavy (non-hydrogen) atoms. The van der Waals surface area contributed by atoms with Crippen molar-refractivity contribution in [3.8, 4) is 0 Å². The first-order valence-electron chi connectivity index (χ1n) is 8.19. The van der Waals surface area contributed by atoms with Crippen LogP contribution in [0.2, 0.25) is 5.02 Å². The lowest BCUT2D eigenvalue weighted by Crippen LogP contribution is -2.54. The highest BCUT2D eigenvalue weighted by Gasteiger charge is 2.44. The largest absolute Gasteiger partial charge is 0.390 e. The van der Waals surface area contributed by atoms with Gasteiger partial charge < -0.3 is 19.3 Å². The number of hydrogen-bond donors (Lipinski definition) is 2. The van der Waals surface area contributed by atoms with Crippen molar-refractivity contribution in [2.24, 2.45) is 0 Å². The Balaban J connectivity index is 1.53. The lowest BCUT2D eigenvalue weighted by molar-refractivity contribution is -0.318. The second kappa shape index (κ2) is 6.98. The second-order valence-corrected chi connectivity index (χ2v) is 6.66. The predicted molar refractivity (Wildman–Crippen MR) is 90.9 cm³/mol. The molecular weight excluding hydrogens is 364 g/mol. The molecule has 0 saturated carbocycles. The van der Waals surface area contributed by atoms with E-state index < -0.39 is 42.1 Å². The molecule has 4 rings (SSSR count). The summed E-state index contributed by atoms with van der Waals surface area (Å²) in [5.41, 5.74) is -0.476. The number of halogens is 1. The maximum Gasteiger partial charge on any atom is 0.330 e. The highest BCUT2D eigenvalue weighted by atomic mass is 35.5. The smallest absolute Gasteiger partial charge is 0.330 e. The molecule has 2 N–H and O–H groups in total. The van der Waals surface area contributed by atoms with E-state index in [0.717, 1.165) is 10.1 Å². The van der Waals surface area contributed by atoms with Crippen LogP contribution in [0.4, 0.5) is 0 Å². The Morgan fingerprint density at radius 1 is 1.19 bits per heavy atom. The van der Waals surface area contributed by atoms with Crippen LogP contribution in [-0.4, -0.2) is 39.6 Å². The molecule has 0 aliphatic carbocycles. The van der Waals surface area contributed by atoms with Crippen LogP contribution in [0.15, 0.2) is 46.1 Å². The number of hydrogen-bond acceptors (Lipinski definition) is 6. The zero-order valence-corrected chi connectivity index (χ0v) is 14.3. The van der Waals surface area contributed by atoms with Gasteiger partial charge in [-0.1, -0.05) is 41.9 Å². The summed E-state index contributed by atoms with van der Waals surface area (Å²) in [5.74, 6) is 0.